The summed E-state index contributed by atoms with van der Waals surface area (Å²) in [6.45, 7) is 0.358. The Morgan fingerprint density at radius 3 is 2.88 bits per heavy atom. The second-order valence-corrected chi connectivity index (χ2v) is 6.32. The second kappa shape index (κ2) is 7.08. The van der Waals surface area contributed by atoms with Crippen molar-refractivity contribution in [3.05, 3.63) is 73.9 Å². The Hall–Kier alpha value is -2.65. The number of amides is 1. The van der Waals surface area contributed by atoms with Gasteiger partial charge in [-0.1, -0.05) is 11.6 Å². The van der Waals surface area contributed by atoms with E-state index in [0.717, 1.165) is 4.47 Å². The fraction of sp³-hybridized carbons (Fsp3) is 0.0667. The Labute approximate surface area is 154 Å². The molecule has 1 aromatic carbocycles. The van der Waals surface area contributed by atoms with Crippen LogP contribution in [0.25, 0.3) is 0 Å². The molecule has 0 fully saturated rings. The summed E-state index contributed by atoms with van der Waals surface area (Å²) < 4.78 is 7.96. The molecule has 0 spiro atoms. The first-order valence-corrected chi connectivity index (χ1v) is 8.11. The van der Waals surface area contributed by atoms with Crippen molar-refractivity contribution in [1.82, 2.24) is 9.78 Å². The third kappa shape index (κ3) is 4.06. The van der Waals surface area contributed by atoms with Gasteiger partial charge in [0.15, 0.2) is 5.76 Å². The van der Waals surface area contributed by atoms with Gasteiger partial charge in [0.2, 0.25) is 0 Å². The molecule has 0 aliphatic carbocycles. The predicted molar refractivity (Wildman–Crippen MR) is 93.8 cm³/mol. The lowest BCUT2D eigenvalue weighted by atomic mass is 10.2. The third-order valence-corrected chi connectivity index (χ3v) is 3.95. The highest BCUT2D eigenvalue weighted by Crippen LogP contribution is 2.27. The van der Waals surface area contributed by atoms with Gasteiger partial charge in [-0.25, -0.2) is 0 Å². The Kier molecular flexibility index (Phi) is 4.86. The highest BCUT2D eigenvalue weighted by molar-refractivity contribution is 9.10. The van der Waals surface area contributed by atoms with Crippen molar-refractivity contribution in [2.24, 2.45) is 0 Å². The number of nitro benzene ring substituents is 1. The Balaban J connectivity index is 1.74. The largest absolute Gasteiger partial charge is 0.454 e. The number of hydrogen-bond donors (Lipinski definition) is 1. The van der Waals surface area contributed by atoms with E-state index in [9.17, 15) is 14.9 Å². The molecule has 0 saturated heterocycles. The van der Waals surface area contributed by atoms with Gasteiger partial charge in [-0.3, -0.25) is 19.6 Å². The van der Waals surface area contributed by atoms with Crippen LogP contribution in [-0.4, -0.2) is 20.6 Å². The van der Waals surface area contributed by atoms with E-state index < -0.39 is 10.8 Å². The maximum Gasteiger partial charge on any atom is 0.291 e. The van der Waals surface area contributed by atoms with Gasteiger partial charge < -0.3 is 9.73 Å². The van der Waals surface area contributed by atoms with Gasteiger partial charge in [0.05, 0.1) is 32.8 Å². The molecule has 128 valence electrons. The fourth-order valence-electron chi connectivity index (χ4n) is 2.08. The van der Waals surface area contributed by atoms with Crippen molar-refractivity contribution in [2.45, 2.75) is 6.54 Å². The van der Waals surface area contributed by atoms with Crippen LogP contribution in [0.3, 0.4) is 0 Å². The number of furan rings is 1. The molecular formula is C15H10BrClN4O4. The van der Waals surface area contributed by atoms with Crippen LogP contribution in [0, 0.1) is 10.1 Å². The summed E-state index contributed by atoms with van der Waals surface area (Å²) in [6.07, 6.45) is 3.41. The van der Waals surface area contributed by atoms with E-state index in [2.05, 4.69) is 26.3 Å². The van der Waals surface area contributed by atoms with Crippen molar-refractivity contribution in [3.8, 4) is 0 Å². The standard InChI is InChI=1S/C15H10BrClN4O4/c16-9-6-18-20(7-9)8-11-2-4-14(25-11)15(22)19-13-5-10(21(23)24)1-3-12(13)17/h1-7H,8H2,(H,19,22). The molecule has 25 heavy (non-hydrogen) atoms. The number of anilines is 1. The van der Waals surface area contributed by atoms with Gasteiger partial charge >= 0.3 is 0 Å². The van der Waals surface area contributed by atoms with E-state index in [0.29, 0.717) is 12.3 Å². The average Bonchev–Trinajstić information content (AvgIpc) is 3.19. The third-order valence-electron chi connectivity index (χ3n) is 3.21. The minimum absolute atomic E-state index is 0.0591. The highest BCUT2D eigenvalue weighted by atomic mass is 79.9. The van der Waals surface area contributed by atoms with E-state index in [4.69, 9.17) is 16.0 Å². The molecule has 0 radical (unpaired) electrons. The van der Waals surface area contributed by atoms with Crippen molar-refractivity contribution in [1.29, 1.82) is 0 Å². The smallest absolute Gasteiger partial charge is 0.291 e. The molecule has 0 saturated carbocycles. The first-order valence-electron chi connectivity index (χ1n) is 6.94. The summed E-state index contributed by atoms with van der Waals surface area (Å²) in [4.78, 5) is 22.5. The number of non-ortho nitro benzene ring substituents is 1. The summed E-state index contributed by atoms with van der Waals surface area (Å²) in [5, 5.41) is 17.6. The van der Waals surface area contributed by atoms with Gasteiger partial charge in [0, 0.05) is 18.3 Å². The van der Waals surface area contributed by atoms with Crippen LogP contribution in [0.4, 0.5) is 11.4 Å². The van der Waals surface area contributed by atoms with Crippen LogP contribution in [0.1, 0.15) is 16.3 Å². The molecule has 1 N–H and O–H groups in total. The topological polar surface area (TPSA) is 103 Å². The molecule has 3 rings (SSSR count). The molecule has 8 nitrogen and oxygen atoms in total. The minimum Gasteiger partial charge on any atom is -0.454 e. The summed E-state index contributed by atoms with van der Waals surface area (Å²) in [5.74, 6) is 0.0324. The van der Waals surface area contributed by atoms with E-state index in [1.807, 2.05) is 0 Å². The number of carbonyl (C=O) groups is 1. The maximum absolute atomic E-state index is 12.3. The summed E-state index contributed by atoms with van der Waals surface area (Å²) in [5.41, 5.74) is -0.0427. The molecule has 0 atom stereocenters. The lowest BCUT2D eigenvalue weighted by Crippen LogP contribution is -2.11. The number of halogens is 2. The first-order chi connectivity index (χ1) is 11.9. The number of benzene rings is 1. The summed E-state index contributed by atoms with van der Waals surface area (Å²) >= 11 is 9.26. The molecule has 2 heterocycles. The molecule has 1 amide bonds. The molecule has 0 unspecified atom stereocenters. The van der Waals surface area contributed by atoms with Gasteiger partial charge in [0.1, 0.15) is 5.76 Å². The zero-order valence-corrected chi connectivity index (χ0v) is 14.8. The van der Waals surface area contributed by atoms with Crippen molar-refractivity contribution >= 4 is 44.8 Å². The lowest BCUT2D eigenvalue weighted by Gasteiger charge is -2.05. The quantitative estimate of drug-likeness (QED) is 0.489. The summed E-state index contributed by atoms with van der Waals surface area (Å²) in [7, 11) is 0. The first kappa shape index (κ1) is 17.2. The van der Waals surface area contributed by atoms with E-state index in [1.165, 1.54) is 24.3 Å². The average molecular weight is 426 g/mol. The van der Waals surface area contributed by atoms with Crippen LogP contribution in [0.2, 0.25) is 5.02 Å². The number of carbonyl (C=O) groups excluding carboxylic acids is 1. The molecule has 0 aliphatic rings. The van der Waals surface area contributed by atoms with Crippen LogP contribution in [0.5, 0.6) is 0 Å². The monoisotopic (exact) mass is 424 g/mol. The number of rotatable bonds is 5. The SMILES string of the molecule is O=C(Nc1cc([N+](=O)[O-])ccc1Cl)c1ccc(Cn2cc(Br)cn2)o1. The number of nitrogens with one attached hydrogen (secondary N) is 1. The zero-order chi connectivity index (χ0) is 18.0. The second-order valence-electron chi connectivity index (χ2n) is 5.00. The summed E-state index contributed by atoms with van der Waals surface area (Å²) in [6, 6.07) is 6.95. The van der Waals surface area contributed by atoms with Crippen LogP contribution in [0.15, 0.2) is 51.6 Å². The highest BCUT2D eigenvalue weighted by Gasteiger charge is 2.16. The fourth-order valence-corrected chi connectivity index (χ4v) is 2.57. The molecule has 3 aromatic rings. The lowest BCUT2D eigenvalue weighted by molar-refractivity contribution is -0.384. The van der Waals surface area contributed by atoms with Crippen molar-refractivity contribution < 1.29 is 14.1 Å². The number of aromatic nitrogens is 2. The normalized spacial score (nSPS) is 10.6. The van der Waals surface area contributed by atoms with Gasteiger partial charge in [-0.2, -0.15) is 5.10 Å². The number of nitrogens with zero attached hydrogens (tertiary/aromatic N) is 3. The van der Waals surface area contributed by atoms with Gasteiger partial charge in [0.25, 0.3) is 11.6 Å². The van der Waals surface area contributed by atoms with Gasteiger partial charge in [-0.15, -0.1) is 0 Å². The Bertz CT molecular complexity index is 953. The van der Waals surface area contributed by atoms with Crippen LogP contribution >= 0.6 is 27.5 Å². The van der Waals surface area contributed by atoms with Crippen molar-refractivity contribution in [3.63, 3.8) is 0 Å². The van der Waals surface area contributed by atoms with E-state index >= 15 is 0 Å². The predicted octanol–water partition coefficient (Wildman–Crippen LogP) is 4.10. The van der Waals surface area contributed by atoms with Crippen LogP contribution < -0.4 is 5.32 Å². The minimum atomic E-state index is -0.570. The zero-order valence-electron chi connectivity index (χ0n) is 12.5. The van der Waals surface area contributed by atoms with Crippen molar-refractivity contribution in [2.75, 3.05) is 5.32 Å². The van der Waals surface area contributed by atoms with E-state index in [1.54, 1.807) is 23.1 Å². The molecule has 10 heteroatoms. The molecule has 2 aromatic heterocycles. The maximum atomic E-state index is 12.3. The Morgan fingerprint density at radius 1 is 1.40 bits per heavy atom. The number of hydrogen-bond acceptors (Lipinski definition) is 5. The van der Waals surface area contributed by atoms with Gasteiger partial charge in [-0.05, 0) is 34.1 Å². The van der Waals surface area contributed by atoms with Crippen LogP contribution in [-0.2, 0) is 6.54 Å². The van der Waals surface area contributed by atoms with E-state index in [-0.39, 0.29) is 22.2 Å². The molecular weight excluding hydrogens is 416 g/mol. The molecule has 0 bridgehead atoms. The Morgan fingerprint density at radius 2 is 2.20 bits per heavy atom. The number of nitro groups is 1. The molecule has 0 aliphatic heterocycles.